The van der Waals surface area contributed by atoms with Gasteiger partial charge in [-0.15, -0.1) is 0 Å². The zero-order valence-electron chi connectivity index (χ0n) is 15.1. The Kier molecular flexibility index (Phi) is 7.84. The summed E-state index contributed by atoms with van der Waals surface area (Å²) < 4.78 is 6.79. The number of rotatable bonds is 6. The highest BCUT2D eigenvalue weighted by Crippen LogP contribution is 2.19. The molecule has 0 aliphatic heterocycles. The molecule has 2 N–H and O–H groups in total. The smallest absolute Gasteiger partial charge is 0.257 e. The number of benzene rings is 2. The molecule has 0 bridgehead atoms. The third-order valence-corrected chi connectivity index (χ3v) is 4.50. The number of hydrogen-bond acceptors (Lipinski definition) is 3. The standard InChI is InChI=1S/C20H23IN2O2S/c1-4-14-11-16(21)7-10-18(14)22-20(26)23-19(24)15-5-8-17(9-6-15)25-12-13(2)3/h5-11,13H,4,12H2,1-3H3,(H2,22,23,24,26). The molecule has 0 aliphatic rings. The van der Waals surface area contributed by atoms with Crippen LogP contribution in [0, 0.1) is 9.49 Å². The number of nitrogens with one attached hydrogen (secondary N) is 2. The monoisotopic (exact) mass is 482 g/mol. The van der Waals surface area contributed by atoms with E-state index in [9.17, 15) is 4.79 Å². The second-order valence-electron chi connectivity index (χ2n) is 6.29. The normalized spacial score (nSPS) is 10.5. The van der Waals surface area contributed by atoms with Crippen LogP contribution in [0.2, 0.25) is 0 Å². The maximum Gasteiger partial charge on any atom is 0.257 e. The van der Waals surface area contributed by atoms with Gasteiger partial charge in [-0.2, -0.15) is 0 Å². The van der Waals surface area contributed by atoms with Crippen LogP contribution in [0.3, 0.4) is 0 Å². The third kappa shape index (κ3) is 6.25. The number of anilines is 1. The fourth-order valence-corrected chi connectivity index (χ4v) is 3.03. The van der Waals surface area contributed by atoms with E-state index in [0.29, 0.717) is 18.1 Å². The number of thiocarbonyl (C=S) groups is 1. The van der Waals surface area contributed by atoms with Crippen molar-refractivity contribution in [2.24, 2.45) is 5.92 Å². The molecule has 0 atom stereocenters. The number of carbonyl (C=O) groups is 1. The Bertz CT molecular complexity index is 776. The van der Waals surface area contributed by atoms with Gasteiger partial charge < -0.3 is 10.1 Å². The maximum atomic E-state index is 12.4. The van der Waals surface area contributed by atoms with Crippen LogP contribution in [0.1, 0.15) is 36.7 Å². The van der Waals surface area contributed by atoms with E-state index in [1.807, 2.05) is 12.1 Å². The fourth-order valence-electron chi connectivity index (χ4n) is 2.27. The first kappa shape index (κ1) is 20.6. The average molecular weight is 482 g/mol. The predicted octanol–water partition coefficient (Wildman–Crippen LogP) is 5.02. The zero-order chi connectivity index (χ0) is 19.1. The highest BCUT2D eigenvalue weighted by Gasteiger charge is 2.10. The topological polar surface area (TPSA) is 50.4 Å². The first-order valence-electron chi connectivity index (χ1n) is 8.52. The third-order valence-electron chi connectivity index (χ3n) is 3.62. The molecule has 0 saturated carbocycles. The number of aryl methyl sites for hydroxylation is 1. The molecule has 2 aromatic rings. The van der Waals surface area contributed by atoms with Crippen LogP contribution in [0.5, 0.6) is 5.75 Å². The molecule has 26 heavy (non-hydrogen) atoms. The van der Waals surface area contributed by atoms with E-state index < -0.39 is 0 Å². The van der Waals surface area contributed by atoms with Crippen LogP contribution in [0.4, 0.5) is 5.69 Å². The van der Waals surface area contributed by atoms with Gasteiger partial charge in [0.05, 0.1) is 6.61 Å². The number of ether oxygens (including phenoxy) is 1. The Balaban J connectivity index is 1.95. The molecular weight excluding hydrogens is 459 g/mol. The molecule has 0 aromatic heterocycles. The minimum Gasteiger partial charge on any atom is -0.493 e. The number of halogens is 1. The van der Waals surface area contributed by atoms with Gasteiger partial charge in [0, 0.05) is 14.8 Å². The number of amides is 1. The van der Waals surface area contributed by atoms with Crippen molar-refractivity contribution in [3.05, 3.63) is 57.2 Å². The fraction of sp³-hybridized carbons (Fsp3) is 0.300. The molecule has 0 aliphatic carbocycles. The van der Waals surface area contributed by atoms with Crippen molar-refractivity contribution in [2.75, 3.05) is 11.9 Å². The van der Waals surface area contributed by atoms with E-state index in [4.69, 9.17) is 17.0 Å². The van der Waals surface area contributed by atoms with Crippen molar-refractivity contribution >= 4 is 51.5 Å². The molecule has 0 saturated heterocycles. The summed E-state index contributed by atoms with van der Waals surface area (Å²) in [5, 5.41) is 6.11. The lowest BCUT2D eigenvalue weighted by atomic mass is 10.1. The molecular formula is C20H23IN2O2S. The lowest BCUT2D eigenvalue weighted by Gasteiger charge is -2.13. The summed E-state index contributed by atoms with van der Waals surface area (Å²) in [5.41, 5.74) is 2.60. The van der Waals surface area contributed by atoms with Gasteiger partial charge in [-0.05, 0) is 95.2 Å². The van der Waals surface area contributed by atoms with E-state index in [0.717, 1.165) is 23.4 Å². The summed E-state index contributed by atoms with van der Waals surface area (Å²) in [6, 6.07) is 13.1. The second-order valence-corrected chi connectivity index (χ2v) is 7.95. The predicted molar refractivity (Wildman–Crippen MR) is 119 cm³/mol. The summed E-state index contributed by atoms with van der Waals surface area (Å²) >= 11 is 7.56. The van der Waals surface area contributed by atoms with Gasteiger partial charge in [0.25, 0.3) is 5.91 Å². The molecule has 1 amide bonds. The molecule has 0 unspecified atom stereocenters. The minimum atomic E-state index is -0.249. The van der Waals surface area contributed by atoms with Crippen LogP contribution in [-0.2, 0) is 6.42 Å². The molecule has 0 fully saturated rings. The SMILES string of the molecule is CCc1cc(I)ccc1NC(=S)NC(=O)c1ccc(OCC(C)C)cc1. The molecule has 2 aromatic carbocycles. The maximum absolute atomic E-state index is 12.4. The van der Waals surface area contributed by atoms with Crippen LogP contribution in [0.25, 0.3) is 0 Å². The lowest BCUT2D eigenvalue weighted by Crippen LogP contribution is -2.34. The Hall–Kier alpha value is -1.67. The van der Waals surface area contributed by atoms with Gasteiger partial charge in [0.2, 0.25) is 0 Å². The van der Waals surface area contributed by atoms with Gasteiger partial charge in [-0.3, -0.25) is 10.1 Å². The molecule has 0 heterocycles. The molecule has 138 valence electrons. The Morgan fingerprint density at radius 1 is 1.19 bits per heavy atom. The summed E-state index contributed by atoms with van der Waals surface area (Å²) in [7, 11) is 0. The van der Waals surface area contributed by atoms with Gasteiger partial charge in [-0.25, -0.2) is 0 Å². The summed E-state index contributed by atoms with van der Waals surface area (Å²) in [6.07, 6.45) is 0.883. The van der Waals surface area contributed by atoms with Crippen LogP contribution in [0.15, 0.2) is 42.5 Å². The molecule has 0 spiro atoms. The molecule has 2 rings (SSSR count). The van der Waals surface area contributed by atoms with Gasteiger partial charge in [-0.1, -0.05) is 20.8 Å². The van der Waals surface area contributed by atoms with Crippen molar-refractivity contribution in [3.63, 3.8) is 0 Å². The highest BCUT2D eigenvalue weighted by atomic mass is 127. The van der Waals surface area contributed by atoms with E-state index in [2.05, 4.69) is 60.1 Å². The summed E-state index contributed by atoms with van der Waals surface area (Å²) in [5.74, 6) is 0.958. The molecule has 6 heteroatoms. The Morgan fingerprint density at radius 2 is 1.88 bits per heavy atom. The van der Waals surface area contributed by atoms with Crippen molar-refractivity contribution in [2.45, 2.75) is 27.2 Å². The van der Waals surface area contributed by atoms with Crippen molar-refractivity contribution in [1.82, 2.24) is 5.32 Å². The van der Waals surface area contributed by atoms with Crippen molar-refractivity contribution in [3.8, 4) is 5.75 Å². The zero-order valence-corrected chi connectivity index (χ0v) is 18.1. The van der Waals surface area contributed by atoms with Gasteiger partial charge in [0.15, 0.2) is 5.11 Å². The van der Waals surface area contributed by atoms with Gasteiger partial charge in [0.1, 0.15) is 5.75 Å². The first-order chi connectivity index (χ1) is 12.4. The van der Waals surface area contributed by atoms with Crippen molar-refractivity contribution < 1.29 is 9.53 Å². The number of carbonyl (C=O) groups excluding carboxylic acids is 1. The number of hydrogen-bond donors (Lipinski definition) is 2. The van der Waals surface area contributed by atoms with E-state index in [1.165, 1.54) is 3.57 Å². The highest BCUT2D eigenvalue weighted by molar-refractivity contribution is 14.1. The molecule has 0 radical (unpaired) electrons. The minimum absolute atomic E-state index is 0.249. The van der Waals surface area contributed by atoms with E-state index in [-0.39, 0.29) is 11.0 Å². The first-order valence-corrected chi connectivity index (χ1v) is 10.0. The quantitative estimate of drug-likeness (QED) is 0.449. The van der Waals surface area contributed by atoms with Crippen LogP contribution >= 0.6 is 34.8 Å². The largest absolute Gasteiger partial charge is 0.493 e. The summed E-state index contributed by atoms with van der Waals surface area (Å²) in [6.45, 7) is 6.91. The van der Waals surface area contributed by atoms with E-state index >= 15 is 0 Å². The average Bonchev–Trinajstić information content (AvgIpc) is 2.61. The second kappa shape index (κ2) is 9.87. The van der Waals surface area contributed by atoms with Gasteiger partial charge >= 0.3 is 0 Å². The van der Waals surface area contributed by atoms with Crippen LogP contribution < -0.4 is 15.4 Å². The van der Waals surface area contributed by atoms with Crippen LogP contribution in [-0.4, -0.2) is 17.6 Å². The van der Waals surface area contributed by atoms with E-state index in [1.54, 1.807) is 24.3 Å². The Morgan fingerprint density at radius 3 is 2.50 bits per heavy atom. The lowest BCUT2D eigenvalue weighted by molar-refractivity contribution is 0.0977. The van der Waals surface area contributed by atoms with Crippen molar-refractivity contribution in [1.29, 1.82) is 0 Å². The molecule has 4 nitrogen and oxygen atoms in total. The summed E-state index contributed by atoms with van der Waals surface area (Å²) in [4.78, 5) is 12.4. The Labute approximate surface area is 173 Å².